The summed E-state index contributed by atoms with van der Waals surface area (Å²) < 4.78 is 5.67. The molecule has 0 fully saturated rings. The minimum Gasteiger partial charge on any atom is -0.494 e. The maximum Gasteiger partial charge on any atom is 0.119 e. The fraction of sp³-hybridized carbons (Fsp3) is 0.538. The van der Waals surface area contributed by atoms with Gasteiger partial charge in [-0.2, -0.15) is 0 Å². The molecule has 1 rings (SSSR count). The number of halogens is 1. The molecule has 0 atom stereocenters. The highest BCUT2D eigenvalue weighted by atomic mass is 79.9. The van der Waals surface area contributed by atoms with Crippen LogP contribution in [-0.4, -0.2) is 6.61 Å². The summed E-state index contributed by atoms with van der Waals surface area (Å²) in [5.74, 6) is 0.962. The van der Waals surface area contributed by atoms with Crippen LogP contribution in [0.1, 0.15) is 32.8 Å². The molecule has 2 heteroatoms. The molecule has 1 nitrogen and oxygen atoms in total. The van der Waals surface area contributed by atoms with Crippen molar-refractivity contribution in [2.75, 3.05) is 6.61 Å². The molecule has 0 unspecified atom stereocenters. The molecule has 0 N–H and O–H groups in total. The van der Waals surface area contributed by atoms with Crippen LogP contribution in [0.5, 0.6) is 5.75 Å². The van der Waals surface area contributed by atoms with E-state index in [1.54, 1.807) is 0 Å². The lowest BCUT2D eigenvalue weighted by molar-refractivity contribution is 0.243. The zero-order valence-corrected chi connectivity index (χ0v) is 11.3. The first-order valence-corrected chi connectivity index (χ1v) is 6.41. The van der Waals surface area contributed by atoms with E-state index in [4.69, 9.17) is 4.74 Å². The van der Waals surface area contributed by atoms with Crippen molar-refractivity contribution < 1.29 is 4.74 Å². The monoisotopic (exact) mass is 270 g/mol. The SMILES string of the molecule is CC(C)(C)CCOc1ccc(CBr)cc1. The van der Waals surface area contributed by atoms with Crippen LogP contribution in [-0.2, 0) is 5.33 Å². The maximum absolute atomic E-state index is 5.67. The molecule has 0 aromatic heterocycles. The molecule has 1 aromatic carbocycles. The van der Waals surface area contributed by atoms with Crippen molar-refractivity contribution in [2.24, 2.45) is 5.41 Å². The molecule has 1 aromatic rings. The molecule has 0 aliphatic carbocycles. The highest BCUT2D eigenvalue weighted by Crippen LogP contribution is 2.20. The fourth-order valence-corrected chi connectivity index (χ4v) is 1.52. The number of rotatable bonds is 4. The largest absolute Gasteiger partial charge is 0.494 e. The Balaban J connectivity index is 2.38. The Hall–Kier alpha value is -0.500. The summed E-state index contributed by atoms with van der Waals surface area (Å²) in [5, 5.41) is 0.898. The molecule has 0 saturated carbocycles. The van der Waals surface area contributed by atoms with Gasteiger partial charge in [-0.25, -0.2) is 0 Å². The normalized spacial score (nSPS) is 11.5. The average Bonchev–Trinajstić information content (AvgIpc) is 2.17. The van der Waals surface area contributed by atoms with Crippen LogP contribution in [0.3, 0.4) is 0 Å². The number of hydrogen-bond acceptors (Lipinski definition) is 1. The number of alkyl halides is 1. The summed E-state index contributed by atoms with van der Waals surface area (Å²) in [7, 11) is 0. The third kappa shape index (κ3) is 5.22. The summed E-state index contributed by atoms with van der Waals surface area (Å²) in [6.07, 6.45) is 1.08. The number of ether oxygens (including phenoxy) is 1. The third-order valence-corrected chi connectivity index (χ3v) is 2.85. The van der Waals surface area contributed by atoms with Gasteiger partial charge in [0.2, 0.25) is 0 Å². The van der Waals surface area contributed by atoms with E-state index in [-0.39, 0.29) is 0 Å². The van der Waals surface area contributed by atoms with Gasteiger partial charge in [0.15, 0.2) is 0 Å². The molecule has 0 spiro atoms. The Kier molecular flexibility index (Phi) is 4.65. The van der Waals surface area contributed by atoms with Crippen molar-refractivity contribution in [3.63, 3.8) is 0 Å². The standard InChI is InChI=1S/C13H19BrO/c1-13(2,3)8-9-15-12-6-4-11(10-14)5-7-12/h4-7H,8-10H2,1-3H3. The summed E-state index contributed by atoms with van der Waals surface area (Å²) in [6.45, 7) is 7.47. The highest BCUT2D eigenvalue weighted by molar-refractivity contribution is 9.08. The topological polar surface area (TPSA) is 9.23 Å². The van der Waals surface area contributed by atoms with Crippen molar-refractivity contribution in [3.8, 4) is 5.75 Å². The minimum absolute atomic E-state index is 0.343. The second-order valence-corrected chi connectivity index (χ2v) is 5.50. The van der Waals surface area contributed by atoms with Gasteiger partial charge < -0.3 is 4.74 Å². The molecular formula is C13H19BrO. The van der Waals surface area contributed by atoms with Crippen molar-refractivity contribution in [3.05, 3.63) is 29.8 Å². The van der Waals surface area contributed by atoms with E-state index in [0.29, 0.717) is 5.41 Å². The summed E-state index contributed by atoms with van der Waals surface area (Å²) in [6, 6.07) is 8.22. The van der Waals surface area contributed by atoms with Gasteiger partial charge in [0.25, 0.3) is 0 Å². The zero-order chi connectivity index (χ0) is 11.3. The predicted molar refractivity (Wildman–Crippen MR) is 68.6 cm³/mol. The fourth-order valence-electron chi connectivity index (χ4n) is 1.15. The van der Waals surface area contributed by atoms with Crippen molar-refractivity contribution in [1.29, 1.82) is 0 Å². The summed E-state index contributed by atoms with van der Waals surface area (Å²) >= 11 is 3.42. The molecule has 84 valence electrons. The van der Waals surface area contributed by atoms with Crippen LogP contribution in [0.2, 0.25) is 0 Å². The van der Waals surface area contributed by atoms with Crippen molar-refractivity contribution >= 4 is 15.9 Å². The van der Waals surface area contributed by atoms with Gasteiger partial charge in [-0.1, -0.05) is 48.8 Å². The van der Waals surface area contributed by atoms with Gasteiger partial charge in [0.05, 0.1) is 6.61 Å². The second kappa shape index (κ2) is 5.55. The number of hydrogen-bond donors (Lipinski definition) is 0. The molecular weight excluding hydrogens is 252 g/mol. The van der Waals surface area contributed by atoms with Crippen molar-refractivity contribution in [1.82, 2.24) is 0 Å². The van der Waals surface area contributed by atoms with E-state index in [9.17, 15) is 0 Å². The minimum atomic E-state index is 0.343. The van der Waals surface area contributed by atoms with Gasteiger partial charge in [0, 0.05) is 5.33 Å². The number of benzene rings is 1. The third-order valence-electron chi connectivity index (χ3n) is 2.20. The smallest absolute Gasteiger partial charge is 0.119 e. The summed E-state index contributed by atoms with van der Waals surface area (Å²) in [5.41, 5.74) is 1.62. The maximum atomic E-state index is 5.67. The quantitative estimate of drug-likeness (QED) is 0.738. The van der Waals surface area contributed by atoms with E-state index in [2.05, 4.69) is 48.8 Å². The van der Waals surface area contributed by atoms with E-state index >= 15 is 0 Å². The zero-order valence-electron chi connectivity index (χ0n) is 9.72. The van der Waals surface area contributed by atoms with Crippen LogP contribution < -0.4 is 4.74 Å². The van der Waals surface area contributed by atoms with Gasteiger partial charge in [-0.15, -0.1) is 0 Å². The molecule has 0 saturated heterocycles. The molecule has 0 bridgehead atoms. The lowest BCUT2D eigenvalue weighted by Gasteiger charge is -2.18. The van der Waals surface area contributed by atoms with Crippen molar-refractivity contribution in [2.45, 2.75) is 32.5 Å². The predicted octanol–water partition coefficient (Wildman–Crippen LogP) is 4.40. The Morgan fingerprint density at radius 1 is 1.13 bits per heavy atom. The van der Waals surface area contributed by atoms with E-state index < -0.39 is 0 Å². The van der Waals surface area contributed by atoms with E-state index in [0.717, 1.165) is 24.1 Å². The lowest BCUT2D eigenvalue weighted by Crippen LogP contribution is -2.11. The molecule has 0 radical (unpaired) electrons. The first kappa shape index (κ1) is 12.6. The lowest BCUT2D eigenvalue weighted by atomic mass is 9.93. The first-order chi connectivity index (χ1) is 7.01. The Labute approximate surface area is 101 Å². The molecule has 0 aliphatic rings. The van der Waals surface area contributed by atoms with Gasteiger partial charge >= 0.3 is 0 Å². The molecule has 0 heterocycles. The van der Waals surface area contributed by atoms with Crippen LogP contribution in [0.4, 0.5) is 0 Å². The van der Waals surface area contributed by atoms with Crippen LogP contribution in [0.15, 0.2) is 24.3 Å². The Bertz CT molecular complexity index is 284. The van der Waals surface area contributed by atoms with E-state index in [1.807, 2.05) is 12.1 Å². The highest BCUT2D eigenvalue weighted by Gasteiger charge is 2.09. The molecule has 0 aliphatic heterocycles. The Morgan fingerprint density at radius 2 is 1.73 bits per heavy atom. The van der Waals surface area contributed by atoms with Gasteiger partial charge in [0.1, 0.15) is 5.75 Å². The van der Waals surface area contributed by atoms with Gasteiger partial charge in [-0.05, 0) is 29.5 Å². The van der Waals surface area contributed by atoms with Crippen LogP contribution >= 0.6 is 15.9 Å². The van der Waals surface area contributed by atoms with Crippen LogP contribution in [0.25, 0.3) is 0 Å². The molecule has 15 heavy (non-hydrogen) atoms. The second-order valence-electron chi connectivity index (χ2n) is 4.94. The van der Waals surface area contributed by atoms with E-state index in [1.165, 1.54) is 5.56 Å². The average molecular weight is 271 g/mol. The van der Waals surface area contributed by atoms with Gasteiger partial charge in [-0.3, -0.25) is 0 Å². The Morgan fingerprint density at radius 3 is 2.20 bits per heavy atom. The van der Waals surface area contributed by atoms with Crippen LogP contribution in [0, 0.1) is 5.41 Å². The first-order valence-electron chi connectivity index (χ1n) is 5.29. The molecule has 0 amide bonds. The summed E-state index contributed by atoms with van der Waals surface area (Å²) in [4.78, 5) is 0.